The Morgan fingerprint density at radius 1 is 0.683 bits per heavy atom. The molecule has 26 atom stereocenters. The lowest BCUT2D eigenvalue weighted by molar-refractivity contribution is -0.393. The van der Waals surface area contributed by atoms with Gasteiger partial charge in [0.2, 0.25) is 0 Å². The van der Waals surface area contributed by atoms with E-state index in [0.29, 0.717) is 35.6 Å². The van der Waals surface area contributed by atoms with Crippen LogP contribution in [0.3, 0.4) is 0 Å². The fourth-order valence-electron chi connectivity index (χ4n) is 14.7. The molecule has 9 rings (SSSR count). The monoisotopic (exact) mass is 852 g/mol. The summed E-state index contributed by atoms with van der Waals surface area (Å²) in [4.78, 5) is 2.95. The molecule has 3 saturated carbocycles. The van der Waals surface area contributed by atoms with Crippen molar-refractivity contribution < 1.29 is 69.3 Å². The number of ether oxygens (including phenoxy) is 6. The standard InChI is InChI=1S/C45H73NO14/c1-19-7-10-28-20(2)31-29(46(28)17-19)16-27-25-9-8-23-15-24(11-13-44(23,5)26(25)12-14-45(27,31)6)57-43-40(60-42-38(54)36(52)33(49)22(4)56-42)39(34(50)30(18-47)58-43)59-41-37(53)35(51)32(48)21(3)55-41/h8,19-22,24-43,47-54H,7,9-18H2,1-6H3/t19-,20?,21?,22?,24?,25?,26?,27?,28?,29?,30?,31?,32?,33?,34?,35?,36?,37?,38?,39?,40?,41?,42?,43?,44-,45-/m0/s1. The van der Waals surface area contributed by atoms with Crippen LogP contribution in [0.15, 0.2) is 11.6 Å². The van der Waals surface area contributed by atoms with Crippen molar-refractivity contribution in [2.75, 3.05) is 13.2 Å². The topological polar surface area (TPSA) is 220 Å². The molecule has 8 fully saturated rings. The van der Waals surface area contributed by atoms with Crippen LogP contribution in [0.25, 0.3) is 0 Å². The Kier molecular flexibility index (Phi) is 12.2. The maximum Gasteiger partial charge on any atom is 0.187 e. The van der Waals surface area contributed by atoms with Gasteiger partial charge in [-0.25, -0.2) is 0 Å². The van der Waals surface area contributed by atoms with Crippen LogP contribution in [0.5, 0.6) is 0 Å². The van der Waals surface area contributed by atoms with Crippen LogP contribution in [-0.2, 0) is 28.4 Å². The van der Waals surface area contributed by atoms with E-state index in [4.69, 9.17) is 28.4 Å². The minimum atomic E-state index is -1.72. The molecule has 0 aromatic heterocycles. The molecule has 0 spiro atoms. The Bertz CT molecular complexity index is 1570. The van der Waals surface area contributed by atoms with E-state index in [9.17, 15) is 40.9 Å². The minimum absolute atomic E-state index is 0.0259. The molecule has 8 N–H and O–H groups in total. The van der Waals surface area contributed by atoms with E-state index in [2.05, 4.69) is 38.7 Å². The van der Waals surface area contributed by atoms with Crippen molar-refractivity contribution >= 4 is 0 Å². The van der Waals surface area contributed by atoms with Crippen LogP contribution in [0.1, 0.15) is 99.3 Å². The van der Waals surface area contributed by atoms with Crippen molar-refractivity contribution in [2.45, 2.75) is 210 Å². The molecule has 0 bridgehead atoms. The van der Waals surface area contributed by atoms with E-state index in [1.54, 1.807) is 0 Å². The van der Waals surface area contributed by atoms with Gasteiger partial charge in [-0.15, -0.1) is 0 Å². The predicted octanol–water partition coefficient (Wildman–Crippen LogP) is 1.18. The van der Waals surface area contributed by atoms with E-state index in [1.807, 2.05) is 0 Å². The summed E-state index contributed by atoms with van der Waals surface area (Å²) in [6, 6.07) is 1.45. The Morgan fingerprint density at radius 3 is 1.98 bits per heavy atom. The Balaban J connectivity index is 0.950. The normalized spacial score (nSPS) is 58.1. The fraction of sp³-hybridized carbons (Fsp3) is 0.956. The molecular formula is C45H73NO14. The molecule has 342 valence electrons. The van der Waals surface area contributed by atoms with Gasteiger partial charge >= 0.3 is 0 Å². The van der Waals surface area contributed by atoms with Crippen LogP contribution in [0, 0.1) is 46.3 Å². The molecule has 0 aromatic carbocycles. The second kappa shape index (κ2) is 16.5. The largest absolute Gasteiger partial charge is 0.394 e. The molecule has 0 aromatic rings. The molecule has 0 radical (unpaired) electrons. The summed E-state index contributed by atoms with van der Waals surface area (Å²) in [5.41, 5.74) is 1.78. The van der Waals surface area contributed by atoms with E-state index < -0.39 is 98.7 Å². The number of aliphatic hydroxyl groups excluding tert-OH is 8. The van der Waals surface area contributed by atoms with Gasteiger partial charge in [0.1, 0.15) is 61.0 Å². The third kappa shape index (κ3) is 7.11. The van der Waals surface area contributed by atoms with Gasteiger partial charge in [0.05, 0.1) is 24.9 Å². The highest BCUT2D eigenvalue weighted by Crippen LogP contribution is 2.70. The smallest absolute Gasteiger partial charge is 0.187 e. The van der Waals surface area contributed by atoms with Gasteiger partial charge in [0.25, 0.3) is 0 Å². The van der Waals surface area contributed by atoms with Crippen molar-refractivity contribution in [1.82, 2.24) is 4.90 Å². The van der Waals surface area contributed by atoms with Crippen molar-refractivity contribution in [3.05, 3.63) is 11.6 Å². The maximum atomic E-state index is 11.6. The number of fused-ring (bicyclic) bond motifs is 9. The molecular weight excluding hydrogens is 778 g/mol. The minimum Gasteiger partial charge on any atom is -0.394 e. The number of aliphatic hydroxyl groups is 8. The highest BCUT2D eigenvalue weighted by Gasteiger charge is 2.66. The lowest BCUT2D eigenvalue weighted by Gasteiger charge is -2.58. The molecule has 23 unspecified atom stereocenters. The van der Waals surface area contributed by atoms with Crippen LogP contribution >= 0.6 is 0 Å². The molecule has 0 amide bonds. The first-order valence-electron chi connectivity index (χ1n) is 23.2. The average molecular weight is 852 g/mol. The van der Waals surface area contributed by atoms with Crippen LogP contribution in [0.2, 0.25) is 0 Å². The Morgan fingerprint density at radius 2 is 1.33 bits per heavy atom. The van der Waals surface area contributed by atoms with Gasteiger partial charge in [-0.05, 0) is 118 Å². The molecule has 9 aliphatic rings. The number of hydrogen-bond donors (Lipinski definition) is 8. The highest BCUT2D eigenvalue weighted by atomic mass is 16.8. The zero-order chi connectivity index (χ0) is 42.7. The van der Waals surface area contributed by atoms with Gasteiger partial charge in [0, 0.05) is 18.6 Å². The van der Waals surface area contributed by atoms with Crippen molar-refractivity contribution in [1.29, 1.82) is 0 Å². The summed E-state index contributed by atoms with van der Waals surface area (Å²) in [5.74, 6) is 4.23. The Hall–Kier alpha value is -0.860. The molecule has 15 heteroatoms. The van der Waals surface area contributed by atoms with Gasteiger partial charge in [-0.1, -0.05) is 39.3 Å². The third-order valence-electron chi connectivity index (χ3n) is 18.0. The summed E-state index contributed by atoms with van der Waals surface area (Å²) in [5, 5.41) is 85.9. The first-order valence-corrected chi connectivity index (χ1v) is 23.2. The third-order valence-corrected chi connectivity index (χ3v) is 18.0. The van der Waals surface area contributed by atoms with Crippen LogP contribution < -0.4 is 0 Å². The van der Waals surface area contributed by atoms with E-state index in [-0.39, 0.29) is 11.5 Å². The van der Waals surface area contributed by atoms with E-state index in [1.165, 1.54) is 58.1 Å². The van der Waals surface area contributed by atoms with Crippen molar-refractivity contribution in [3.63, 3.8) is 0 Å². The lowest BCUT2D eigenvalue weighted by Crippen LogP contribution is -2.67. The first-order chi connectivity index (χ1) is 28.5. The molecule has 5 saturated heterocycles. The molecule has 60 heavy (non-hydrogen) atoms. The lowest BCUT2D eigenvalue weighted by atomic mass is 9.47. The van der Waals surface area contributed by atoms with Gasteiger partial charge in [-0.3, -0.25) is 4.90 Å². The predicted molar refractivity (Wildman–Crippen MR) is 214 cm³/mol. The van der Waals surface area contributed by atoms with Crippen molar-refractivity contribution in [3.8, 4) is 0 Å². The van der Waals surface area contributed by atoms with Gasteiger partial charge in [0.15, 0.2) is 18.9 Å². The highest BCUT2D eigenvalue weighted by molar-refractivity contribution is 5.27. The van der Waals surface area contributed by atoms with Crippen LogP contribution in [-0.4, -0.2) is 169 Å². The molecule has 5 aliphatic heterocycles. The summed E-state index contributed by atoms with van der Waals surface area (Å²) in [6.07, 6.45) is -9.40. The summed E-state index contributed by atoms with van der Waals surface area (Å²) < 4.78 is 37.0. The van der Waals surface area contributed by atoms with E-state index >= 15 is 0 Å². The summed E-state index contributed by atoms with van der Waals surface area (Å²) in [6.45, 7) is 13.7. The quantitative estimate of drug-likeness (QED) is 0.169. The number of piperidine rings is 1. The zero-order valence-electron chi connectivity index (χ0n) is 36.2. The number of hydrogen-bond acceptors (Lipinski definition) is 15. The number of rotatable bonds is 7. The van der Waals surface area contributed by atoms with Gasteiger partial charge in [-0.2, -0.15) is 0 Å². The summed E-state index contributed by atoms with van der Waals surface area (Å²) >= 11 is 0. The second-order valence-corrected chi connectivity index (χ2v) is 21.2. The first kappa shape index (κ1) is 44.3. The molecule has 15 nitrogen and oxygen atoms in total. The SMILES string of the molecule is CC1OC(OC2C(OC3CC[C@@]4(C)C(=CCC5C6CC7C(C(C)C8CC[C@H](C)CN87)[C@@]6(C)CCC54)C3)OC(CO)C(O)C2OC2OC(C)C(O)C(O)C2O)C(O)C(O)C1O. The van der Waals surface area contributed by atoms with E-state index in [0.717, 1.165) is 43.1 Å². The molecule has 5 heterocycles. The maximum absolute atomic E-state index is 11.6. The second-order valence-electron chi connectivity index (χ2n) is 21.2. The van der Waals surface area contributed by atoms with Gasteiger partial charge < -0.3 is 69.3 Å². The van der Waals surface area contributed by atoms with Crippen molar-refractivity contribution in [2.24, 2.45) is 46.3 Å². The average Bonchev–Trinajstić information content (AvgIpc) is 3.69. The number of nitrogens with zero attached hydrogens (tertiary/aromatic N) is 1. The fourth-order valence-corrected chi connectivity index (χ4v) is 14.7. The molecule has 4 aliphatic carbocycles. The summed E-state index contributed by atoms with van der Waals surface area (Å²) in [7, 11) is 0. The van der Waals surface area contributed by atoms with Crippen LogP contribution in [0.4, 0.5) is 0 Å². The number of allylic oxidation sites excluding steroid dienone is 1. The Labute approximate surface area is 354 Å². The zero-order valence-corrected chi connectivity index (χ0v) is 36.2.